The number of nitrogens with zero attached hydrogens (tertiary/aromatic N) is 2. The van der Waals surface area contributed by atoms with Gasteiger partial charge in [-0.3, -0.25) is 10.1 Å². The molecule has 8 nitrogen and oxygen atoms in total. The number of benzene rings is 1. The Hall–Kier alpha value is -2.51. The van der Waals surface area contributed by atoms with Gasteiger partial charge in [0.1, 0.15) is 0 Å². The molecule has 0 radical (unpaired) electrons. The van der Waals surface area contributed by atoms with Gasteiger partial charge in [0, 0.05) is 12.5 Å². The van der Waals surface area contributed by atoms with E-state index in [1.807, 2.05) is 0 Å². The third-order valence-corrected chi connectivity index (χ3v) is 2.35. The van der Waals surface area contributed by atoms with Crippen molar-refractivity contribution in [1.82, 2.24) is 0 Å². The zero-order valence-electron chi connectivity index (χ0n) is 10.1. The lowest BCUT2D eigenvalue weighted by atomic mass is 10.1. The molecule has 1 aromatic carbocycles. The number of phenols is 1. The molecule has 8 heteroatoms. The largest absolute Gasteiger partial charge is 0.502 e. The van der Waals surface area contributed by atoms with Gasteiger partial charge in [0.15, 0.2) is 11.8 Å². The van der Waals surface area contributed by atoms with Crippen molar-refractivity contribution in [3.8, 4) is 5.75 Å². The van der Waals surface area contributed by atoms with Crippen LogP contribution in [0.3, 0.4) is 0 Å². The van der Waals surface area contributed by atoms with Gasteiger partial charge in [0.2, 0.25) is 0 Å². The van der Waals surface area contributed by atoms with Crippen LogP contribution in [0.25, 0.3) is 0 Å². The Labute approximate surface area is 108 Å². The molecule has 1 atom stereocenters. The van der Waals surface area contributed by atoms with Crippen LogP contribution in [-0.4, -0.2) is 28.6 Å². The van der Waals surface area contributed by atoms with Crippen molar-refractivity contribution in [3.63, 3.8) is 0 Å². The summed E-state index contributed by atoms with van der Waals surface area (Å²) in [7, 11) is 0. The normalized spacial score (nSPS) is 11.6. The second-order valence-electron chi connectivity index (χ2n) is 3.66. The Bertz CT molecular complexity index is 502. The highest BCUT2D eigenvalue weighted by Gasteiger charge is 2.23. The zero-order valence-corrected chi connectivity index (χ0v) is 10.1. The summed E-state index contributed by atoms with van der Waals surface area (Å²) in [5, 5.41) is 22.5. The van der Waals surface area contributed by atoms with E-state index in [2.05, 4.69) is 9.91 Å². The highest BCUT2D eigenvalue weighted by Crippen LogP contribution is 2.27. The molecular weight excluding hydrogens is 256 g/mol. The second kappa shape index (κ2) is 6.43. The summed E-state index contributed by atoms with van der Waals surface area (Å²) >= 11 is 0. The maximum atomic E-state index is 11.4. The lowest BCUT2D eigenvalue weighted by Gasteiger charge is -2.08. The minimum Gasteiger partial charge on any atom is -0.502 e. The molecule has 0 aliphatic heterocycles. The van der Waals surface area contributed by atoms with Gasteiger partial charge in [-0.25, -0.2) is 4.79 Å². The average Bonchev–Trinajstić information content (AvgIpc) is 2.37. The second-order valence-corrected chi connectivity index (χ2v) is 3.66. The molecule has 0 unspecified atom stereocenters. The number of carbonyl (C=O) groups excluding carboxylic acids is 1. The molecule has 0 bridgehead atoms. The minimum absolute atomic E-state index is 0.112. The van der Waals surface area contributed by atoms with Gasteiger partial charge in [-0.15, -0.1) is 4.91 Å². The van der Waals surface area contributed by atoms with Crippen molar-refractivity contribution in [2.24, 2.45) is 5.18 Å². The lowest BCUT2D eigenvalue weighted by molar-refractivity contribution is -0.385. The summed E-state index contributed by atoms with van der Waals surface area (Å²) in [6.45, 7) is 1.70. The van der Waals surface area contributed by atoms with Crippen molar-refractivity contribution in [2.75, 3.05) is 6.61 Å². The predicted octanol–water partition coefficient (Wildman–Crippen LogP) is 1.54. The highest BCUT2D eigenvalue weighted by molar-refractivity contribution is 5.76. The fraction of sp³-hybridized carbons (Fsp3) is 0.364. The Morgan fingerprint density at radius 2 is 2.26 bits per heavy atom. The number of esters is 1. The molecule has 0 spiro atoms. The summed E-state index contributed by atoms with van der Waals surface area (Å²) in [4.78, 5) is 31.8. The summed E-state index contributed by atoms with van der Waals surface area (Å²) in [5.41, 5.74) is -0.159. The van der Waals surface area contributed by atoms with Gasteiger partial charge < -0.3 is 9.84 Å². The molecule has 102 valence electrons. The first kappa shape index (κ1) is 14.6. The first-order valence-electron chi connectivity index (χ1n) is 5.45. The molecule has 1 N–H and O–H groups in total. The van der Waals surface area contributed by atoms with E-state index >= 15 is 0 Å². The van der Waals surface area contributed by atoms with Crippen LogP contribution in [0.1, 0.15) is 12.5 Å². The number of phenolic OH excluding ortho intramolecular Hbond substituents is 1. The topological polar surface area (TPSA) is 119 Å². The SMILES string of the molecule is CCOC(=O)[C@H](Cc1ccc(O)c([N+](=O)[O-])c1)N=O. The fourth-order valence-electron chi connectivity index (χ4n) is 1.47. The standard InChI is InChI=1S/C11H12N2O6/c1-2-19-11(15)8(12-16)5-7-3-4-10(14)9(6-7)13(17)18/h3-4,6,8,14H,2,5H2,1H3/t8-/m0/s1. The summed E-state index contributed by atoms with van der Waals surface area (Å²) in [6, 6.07) is 2.33. The monoisotopic (exact) mass is 268 g/mol. The van der Waals surface area contributed by atoms with Crippen molar-refractivity contribution in [1.29, 1.82) is 0 Å². The number of rotatable bonds is 6. The average molecular weight is 268 g/mol. The molecule has 0 saturated heterocycles. The van der Waals surface area contributed by atoms with E-state index in [0.717, 1.165) is 12.1 Å². The molecule has 0 aliphatic carbocycles. The first-order valence-corrected chi connectivity index (χ1v) is 5.45. The van der Waals surface area contributed by atoms with E-state index in [-0.39, 0.29) is 13.0 Å². The molecule has 0 amide bonds. The number of ether oxygens (including phenoxy) is 1. The lowest BCUT2D eigenvalue weighted by Crippen LogP contribution is -2.23. The summed E-state index contributed by atoms with van der Waals surface area (Å²) < 4.78 is 4.65. The first-order chi connectivity index (χ1) is 8.99. The van der Waals surface area contributed by atoms with Crippen LogP contribution in [0, 0.1) is 15.0 Å². The van der Waals surface area contributed by atoms with E-state index in [1.54, 1.807) is 6.92 Å². The third kappa shape index (κ3) is 3.73. The Kier molecular flexibility index (Phi) is 4.92. The minimum atomic E-state index is -1.26. The third-order valence-electron chi connectivity index (χ3n) is 2.35. The fourth-order valence-corrected chi connectivity index (χ4v) is 1.47. The quantitative estimate of drug-likeness (QED) is 0.361. The molecule has 19 heavy (non-hydrogen) atoms. The predicted molar refractivity (Wildman–Crippen MR) is 64.7 cm³/mol. The van der Waals surface area contributed by atoms with Gasteiger partial charge in [0.25, 0.3) is 0 Å². The van der Waals surface area contributed by atoms with Crippen LogP contribution in [-0.2, 0) is 16.0 Å². The van der Waals surface area contributed by atoms with Crippen LogP contribution in [0.4, 0.5) is 5.69 Å². The maximum absolute atomic E-state index is 11.4. The number of hydrogen-bond donors (Lipinski definition) is 1. The van der Waals surface area contributed by atoms with Gasteiger partial charge in [0.05, 0.1) is 11.5 Å². The molecule has 0 fully saturated rings. The molecule has 1 aromatic rings. The van der Waals surface area contributed by atoms with Gasteiger partial charge in [-0.05, 0) is 18.6 Å². The van der Waals surface area contributed by atoms with E-state index in [1.165, 1.54) is 6.07 Å². The molecule has 1 rings (SSSR count). The highest BCUT2D eigenvalue weighted by atomic mass is 16.6. The van der Waals surface area contributed by atoms with Crippen LogP contribution < -0.4 is 0 Å². The molecule has 0 aliphatic rings. The summed E-state index contributed by atoms with van der Waals surface area (Å²) in [5.74, 6) is -1.27. The Morgan fingerprint density at radius 3 is 2.79 bits per heavy atom. The van der Waals surface area contributed by atoms with Crippen LogP contribution in [0.15, 0.2) is 23.4 Å². The molecule has 0 saturated carbocycles. The van der Waals surface area contributed by atoms with Crippen LogP contribution in [0.2, 0.25) is 0 Å². The van der Waals surface area contributed by atoms with E-state index in [9.17, 15) is 24.9 Å². The van der Waals surface area contributed by atoms with Crippen molar-refractivity contribution in [2.45, 2.75) is 19.4 Å². The molecule has 0 heterocycles. The number of nitro groups is 1. The zero-order chi connectivity index (χ0) is 14.4. The van der Waals surface area contributed by atoms with Crippen molar-refractivity contribution in [3.05, 3.63) is 38.8 Å². The van der Waals surface area contributed by atoms with E-state index < -0.39 is 28.4 Å². The van der Waals surface area contributed by atoms with Gasteiger partial charge >= 0.3 is 11.7 Å². The molecule has 0 aromatic heterocycles. The Balaban J connectivity index is 2.92. The number of hydrogen-bond acceptors (Lipinski definition) is 7. The van der Waals surface area contributed by atoms with Gasteiger partial charge in [-0.1, -0.05) is 11.2 Å². The van der Waals surface area contributed by atoms with E-state index in [0.29, 0.717) is 5.56 Å². The smallest absolute Gasteiger partial charge is 0.334 e. The number of nitro benzene ring substituents is 1. The maximum Gasteiger partial charge on any atom is 0.334 e. The van der Waals surface area contributed by atoms with Crippen molar-refractivity contribution >= 4 is 11.7 Å². The summed E-state index contributed by atoms with van der Waals surface area (Å²) in [6.07, 6.45) is -0.122. The van der Waals surface area contributed by atoms with Crippen LogP contribution in [0.5, 0.6) is 5.75 Å². The number of nitroso groups, excluding NO2 is 1. The van der Waals surface area contributed by atoms with Crippen LogP contribution >= 0.6 is 0 Å². The number of carbonyl (C=O) groups is 1. The van der Waals surface area contributed by atoms with Gasteiger partial charge in [-0.2, -0.15) is 0 Å². The molecular formula is C11H12N2O6. The van der Waals surface area contributed by atoms with Crippen molar-refractivity contribution < 1.29 is 19.6 Å². The number of aromatic hydroxyl groups is 1. The van der Waals surface area contributed by atoms with E-state index in [4.69, 9.17) is 0 Å². The Morgan fingerprint density at radius 1 is 1.58 bits per heavy atom.